The Morgan fingerprint density at radius 1 is 1.16 bits per heavy atom. The Morgan fingerprint density at radius 2 is 1.88 bits per heavy atom. The van der Waals surface area contributed by atoms with E-state index in [9.17, 15) is 14.6 Å². The minimum absolute atomic E-state index is 0.0853. The largest absolute Gasteiger partial charge is 0.364 e. The van der Waals surface area contributed by atoms with Gasteiger partial charge in [0.25, 0.3) is 5.56 Å². The summed E-state index contributed by atoms with van der Waals surface area (Å²) in [5.41, 5.74) is 3.66. The highest BCUT2D eigenvalue weighted by molar-refractivity contribution is 7.70. The van der Waals surface area contributed by atoms with Crippen LogP contribution in [0.25, 0.3) is 11.0 Å². The van der Waals surface area contributed by atoms with Gasteiger partial charge in [0.2, 0.25) is 0 Å². The molecule has 0 unspecified atom stereocenters. The third kappa shape index (κ3) is 4.34. The van der Waals surface area contributed by atoms with Crippen molar-refractivity contribution >= 4 is 29.2 Å². The molecule has 0 amide bonds. The van der Waals surface area contributed by atoms with E-state index in [2.05, 4.69) is 39.9 Å². The molecule has 2 aromatic heterocycles. The van der Waals surface area contributed by atoms with Gasteiger partial charge < -0.3 is 14.0 Å². The van der Waals surface area contributed by atoms with Crippen molar-refractivity contribution in [1.29, 1.82) is 5.26 Å². The van der Waals surface area contributed by atoms with Crippen LogP contribution < -0.4 is 15.8 Å². The zero-order valence-electron chi connectivity index (χ0n) is 18.9. The lowest BCUT2D eigenvalue weighted by atomic mass is 10.1. The monoisotopic (exact) mass is 449 g/mol. The number of aromatic nitrogens is 2. The fourth-order valence-corrected chi connectivity index (χ4v) is 5.21. The number of rotatable bonds is 4. The van der Waals surface area contributed by atoms with Crippen LogP contribution in [0.2, 0.25) is 0 Å². The van der Waals surface area contributed by atoms with Crippen LogP contribution >= 0.6 is 7.14 Å². The molecule has 3 aromatic rings. The van der Waals surface area contributed by atoms with E-state index in [4.69, 9.17) is 0 Å². The van der Waals surface area contributed by atoms with E-state index in [0.717, 1.165) is 42.7 Å². The molecule has 1 fully saturated rings. The molecule has 32 heavy (non-hydrogen) atoms. The summed E-state index contributed by atoms with van der Waals surface area (Å²) in [5.74, 6) is 0. The number of nitrogens with zero attached hydrogens (tertiary/aromatic N) is 5. The average Bonchev–Trinajstić information content (AvgIpc) is 2.76. The molecule has 1 aliphatic rings. The van der Waals surface area contributed by atoms with Gasteiger partial charge in [-0.2, -0.15) is 5.26 Å². The Balaban J connectivity index is 1.56. The van der Waals surface area contributed by atoms with Crippen molar-refractivity contribution < 1.29 is 4.57 Å². The molecule has 7 nitrogen and oxygen atoms in total. The number of piperazine rings is 1. The Kier molecular flexibility index (Phi) is 5.94. The maximum Gasteiger partial charge on any atom is 0.252 e. The standard InChI is InChI=1S/C24H28N5O2P/c1-17-15-28(16-18-5-8-20(9-6-18)32(3,4)31)11-12-29(17)22-13-23(30)27(2)21-10-7-19(14-25)26-24(21)22/h5-10,13,17H,11-12,15-16H2,1-4H3/t17-/m0/s1. The third-order valence-corrected chi connectivity index (χ3v) is 7.71. The van der Waals surface area contributed by atoms with E-state index >= 15 is 0 Å². The smallest absolute Gasteiger partial charge is 0.252 e. The molecular formula is C24H28N5O2P. The van der Waals surface area contributed by atoms with Gasteiger partial charge in [-0.05, 0) is 37.9 Å². The van der Waals surface area contributed by atoms with Crippen LogP contribution in [0.3, 0.4) is 0 Å². The predicted molar refractivity (Wildman–Crippen MR) is 129 cm³/mol. The van der Waals surface area contributed by atoms with Crippen LogP contribution in [0.4, 0.5) is 5.69 Å². The number of benzene rings is 1. The molecule has 8 heteroatoms. The van der Waals surface area contributed by atoms with E-state index in [-0.39, 0.29) is 11.6 Å². The van der Waals surface area contributed by atoms with Crippen molar-refractivity contribution in [2.75, 3.05) is 37.9 Å². The molecule has 1 atom stereocenters. The first kappa shape index (κ1) is 22.3. The lowest BCUT2D eigenvalue weighted by molar-refractivity contribution is 0.221. The van der Waals surface area contributed by atoms with Gasteiger partial charge in [-0.1, -0.05) is 24.3 Å². The molecule has 1 saturated heterocycles. The van der Waals surface area contributed by atoms with Crippen molar-refractivity contribution in [1.82, 2.24) is 14.5 Å². The van der Waals surface area contributed by atoms with Gasteiger partial charge in [0, 0.05) is 50.6 Å². The average molecular weight is 449 g/mol. The molecule has 0 aliphatic carbocycles. The highest BCUT2D eigenvalue weighted by Crippen LogP contribution is 2.34. The number of anilines is 1. The molecule has 0 bridgehead atoms. The summed E-state index contributed by atoms with van der Waals surface area (Å²) in [5, 5.41) is 10.2. The van der Waals surface area contributed by atoms with Crippen molar-refractivity contribution in [2.24, 2.45) is 7.05 Å². The molecule has 3 heterocycles. The highest BCUT2D eigenvalue weighted by Gasteiger charge is 2.26. The maximum atomic E-state index is 12.6. The first-order chi connectivity index (χ1) is 15.2. The third-order valence-electron chi connectivity index (χ3n) is 6.17. The number of aryl methyl sites for hydroxylation is 1. The minimum Gasteiger partial charge on any atom is -0.364 e. The van der Waals surface area contributed by atoms with Crippen molar-refractivity contribution in [2.45, 2.75) is 19.5 Å². The summed E-state index contributed by atoms with van der Waals surface area (Å²) in [7, 11) is -0.513. The van der Waals surface area contributed by atoms with Gasteiger partial charge in [0.05, 0.1) is 11.2 Å². The fraction of sp³-hybridized carbons (Fsp3) is 0.375. The molecule has 0 saturated carbocycles. The van der Waals surface area contributed by atoms with Crippen molar-refractivity contribution in [3.63, 3.8) is 0 Å². The number of nitriles is 1. The van der Waals surface area contributed by atoms with Crippen LogP contribution in [0.5, 0.6) is 0 Å². The number of pyridine rings is 2. The zero-order valence-corrected chi connectivity index (χ0v) is 19.8. The molecule has 0 radical (unpaired) electrons. The number of hydrogen-bond acceptors (Lipinski definition) is 6. The predicted octanol–water partition coefficient (Wildman–Crippen LogP) is 2.76. The Hall–Kier alpha value is -2.94. The van der Waals surface area contributed by atoms with Gasteiger partial charge in [0.1, 0.15) is 24.4 Å². The van der Waals surface area contributed by atoms with Gasteiger partial charge >= 0.3 is 0 Å². The van der Waals surface area contributed by atoms with Crippen LogP contribution in [-0.2, 0) is 18.2 Å². The first-order valence-corrected chi connectivity index (χ1v) is 13.3. The van der Waals surface area contributed by atoms with Gasteiger partial charge in [0.15, 0.2) is 0 Å². The van der Waals surface area contributed by atoms with E-state index < -0.39 is 7.14 Å². The molecule has 4 rings (SSSR count). The molecule has 1 aromatic carbocycles. The molecular weight excluding hydrogens is 421 g/mol. The summed E-state index contributed by atoms with van der Waals surface area (Å²) >= 11 is 0. The molecule has 0 N–H and O–H groups in total. The van der Waals surface area contributed by atoms with Gasteiger partial charge in [-0.3, -0.25) is 9.69 Å². The summed E-state index contributed by atoms with van der Waals surface area (Å²) in [6.07, 6.45) is 0. The summed E-state index contributed by atoms with van der Waals surface area (Å²) in [6.45, 7) is 9.01. The second-order valence-electron chi connectivity index (χ2n) is 8.90. The summed E-state index contributed by atoms with van der Waals surface area (Å²) in [6, 6.07) is 15.4. The van der Waals surface area contributed by atoms with E-state index in [0.29, 0.717) is 11.2 Å². The zero-order chi connectivity index (χ0) is 23.0. The van der Waals surface area contributed by atoms with Crippen molar-refractivity contribution in [3.8, 4) is 6.07 Å². The van der Waals surface area contributed by atoms with Crippen LogP contribution in [-0.4, -0.2) is 53.5 Å². The van der Waals surface area contributed by atoms with Crippen LogP contribution in [0.15, 0.2) is 47.3 Å². The highest BCUT2D eigenvalue weighted by atomic mass is 31.2. The van der Waals surface area contributed by atoms with Crippen LogP contribution in [0.1, 0.15) is 18.2 Å². The normalized spacial score (nSPS) is 17.5. The van der Waals surface area contributed by atoms with E-state index in [1.165, 1.54) is 5.56 Å². The van der Waals surface area contributed by atoms with Gasteiger partial charge in [-0.15, -0.1) is 0 Å². The first-order valence-electron chi connectivity index (χ1n) is 10.7. The summed E-state index contributed by atoms with van der Waals surface area (Å²) < 4.78 is 13.8. The van der Waals surface area contributed by atoms with E-state index in [1.54, 1.807) is 43.1 Å². The van der Waals surface area contributed by atoms with Crippen molar-refractivity contribution in [3.05, 3.63) is 64.1 Å². The fourth-order valence-electron chi connectivity index (χ4n) is 4.35. The molecule has 166 valence electrons. The van der Waals surface area contributed by atoms with Gasteiger partial charge in [-0.25, -0.2) is 4.98 Å². The second-order valence-corrected chi connectivity index (χ2v) is 12.1. The molecule has 0 spiro atoms. The SMILES string of the molecule is C[C@H]1CN(Cc2ccc(P(C)(C)=O)cc2)CCN1c1cc(=O)n(C)c2ccc(C#N)nc12. The Labute approximate surface area is 188 Å². The second kappa shape index (κ2) is 8.54. The lowest BCUT2D eigenvalue weighted by Gasteiger charge is -2.41. The van der Waals surface area contributed by atoms with Crippen LogP contribution in [0, 0.1) is 11.3 Å². The minimum atomic E-state index is -2.24. The number of hydrogen-bond donors (Lipinski definition) is 0. The quantitative estimate of drug-likeness (QED) is 0.570. The molecule has 1 aliphatic heterocycles. The Morgan fingerprint density at radius 3 is 2.50 bits per heavy atom. The lowest BCUT2D eigenvalue weighted by Crippen LogP contribution is -2.52. The summed E-state index contributed by atoms with van der Waals surface area (Å²) in [4.78, 5) is 21.7. The topological polar surface area (TPSA) is 82.2 Å². The van der Waals surface area contributed by atoms with E-state index in [1.807, 2.05) is 12.1 Å². The Bertz CT molecular complexity index is 1300. The maximum absolute atomic E-state index is 12.6. The number of fused-ring (bicyclic) bond motifs is 1.